The highest BCUT2D eigenvalue weighted by Crippen LogP contribution is 2.58. The molecule has 0 N–H and O–H groups in total. The topological polar surface area (TPSA) is 69.7 Å². The van der Waals surface area contributed by atoms with Gasteiger partial charge in [0.15, 0.2) is 21.4 Å². The number of fused-ring (bicyclic) bond motifs is 3. The van der Waals surface area contributed by atoms with Crippen molar-refractivity contribution in [2.24, 2.45) is 11.8 Å². The second kappa shape index (κ2) is 8.24. The average molecular weight is 499 g/mol. The van der Waals surface area contributed by atoms with Crippen LogP contribution in [0.4, 0.5) is 8.78 Å². The third kappa shape index (κ3) is 3.91. The molecule has 2 aromatic rings. The highest BCUT2D eigenvalue weighted by atomic mass is 35.5. The van der Waals surface area contributed by atoms with E-state index in [9.17, 15) is 17.6 Å². The molecule has 5 nitrogen and oxygen atoms in total. The van der Waals surface area contributed by atoms with E-state index in [0.29, 0.717) is 17.9 Å². The predicted octanol–water partition coefficient (Wildman–Crippen LogP) is 5.44. The van der Waals surface area contributed by atoms with Crippen LogP contribution in [0.3, 0.4) is 0 Å². The lowest BCUT2D eigenvalue weighted by Crippen LogP contribution is -2.56. The Kier molecular flexibility index (Phi) is 5.98. The van der Waals surface area contributed by atoms with Crippen molar-refractivity contribution in [1.29, 1.82) is 0 Å². The first kappa shape index (κ1) is 24.0. The summed E-state index contributed by atoms with van der Waals surface area (Å²) in [4.78, 5) is 13.0. The van der Waals surface area contributed by atoms with Gasteiger partial charge in [-0.05, 0) is 70.0 Å². The monoisotopic (exact) mass is 498 g/mol. The number of benzene rings is 2. The van der Waals surface area contributed by atoms with Crippen LogP contribution < -0.4 is 4.74 Å². The standard InChI is InChI=1S/C24H25ClF2O5S/c1-23(2,3)32-22(28)16-5-4-12-24(33(29,30)15-8-6-14(25)7-9-15)17(16)13-31-21-19(27)11-10-18(26)20(21)24/h6-11,16-17H,4-5,12-13H2,1-3H3/t16-,17?,24+/m1/s1. The van der Waals surface area contributed by atoms with Crippen LogP contribution in [0.15, 0.2) is 41.3 Å². The summed E-state index contributed by atoms with van der Waals surface area (Å²) in [6, 6.07) is 7.34. The maximum absolute atomic E-state index is 15.3. The van der Waals surface area contributed by atoms with Gasteiger partial charge in [-0.25, -0.2) is 17.2 Å². The predicted molar refractivity (Wildman–Crippen MR) is 119 cm³/mol. The first-order chi connectivity index (χ1) is 15.4. The molecule has 2 aliphatic rings. The zero-order chi connectivity index (χ0) is 24.2. The molecule has 0 spiro atoms. The third-order valence-electron chi connectivity index (χ3n) is 6.35. The first-order valence-electron chi connectivity index (χ1n) is 10.7. The second-order valence-corrected chi connectivity index (χ2v) is 12.2. The van der Waals surface area contributed by atoms with Gasteiger partial charge in [-0.3, -0.25) is 4.79 Å². The Morgan fingerprint density at radius 3 is 2.39 bits per heavy atom. The third-order valence-corrected chi connectivity index (χ3v) is 9.16. The number of ether oxygens (including phenoxy) is 2. The molecule has 9 heteroatoms. The molecule has 1 aliphatic carbocycles. The Balaban J connectivity index is 1.97. The van der Waals surface area contributed by atoms with Crippen molar-refractivity contribution in [1.82, 2.24) is 0 Å². The minimum Gasteiger partial charge on any atom is -0.490 e. The molecule has 0 saturated heterocycles. The van der Waals surface area contributed by atoms with Crippen LogP contribution in [0.25, 0.3) is 0 Å². The van der Waals surface area contributed by atoms with E-state index in [1.165, 1.54) is 24.3 Å². The molecule has 1 heterocycles. The molecule has 0 bridgehead atoms. The fourth-order valence-electron chi connectivity index (χ4n) is 5.05. The number of carbonyl (C=O) groups is 1. The van der Waals surface area contributed by atoms with Gasteiger partial charge in [0, 0.05) is 10.9 Å². The van der Waals surface area contributed by atoms with Gasteiger partial charge in [0.1, 0.15) is 16.2 Å². The van der Waals surface area contributed by atoms with Crippen LogP contribution in [0.1, 0.15) is 45.6 Å². The van der Waals surface area contributed by atoms with Crippen molar-refractivity contribution in [2.75, 3.05) is 6.61 Å². The lowest BCUT2D eigenvalue weighted by Gasteiger charge is -2.49. The van der Waals surface area contributed by atoms with Crippen molar-refractivity contribution in [3.63, 3.8) is 0 Å². The van der Waals surface area contributed by atoms with E-state index in [-0.39, 0.29) is 23.5 Å². The number of rotatable bonds is 3. The molecule has 0 amide bonds. The van der Waals surface area contributed by atoms with E-state index in [4.69, 9.17) is 21.1 Å². The molecule has 0 radical (unpaired) electrons. The quantitative estimate of drug-likeness (QED) is 0.527. The van der Waals surface area contributed by atoms with Crippen molar-refractivity contribution >= 4 is 27.4 Å². The summed E-state index contributed by atoms with van der Waals surface area (Å²) in [6.07, 6.45) is 0.675. The summed E-state index contributed by atoms with van der Waals surface area (Å²) in [5.41, 5.74) is -1.15. The van der Waals surface area contributed by atoms with E-state index in [1.807, 2.05) is 0 Å². The maximum Gasteiger partial charge on any atom is 0.309 e. The van der Waals surface area contributed by atoms with E-state index >= 15 is 4.39 Å². The molecule has 3 atom stereocenters. The highest BCUT2D eigenvalue weighted by Gasteiger charge is 2.62. The van der Waals surface area contributed by atoms with E-state index in [1.54, 1.807) is 20.8 Å². The minimum atomic E-state index is -4.32. The molecule has 2 aromatic carbocycles. The van der Waals surface area contributed by atoms with Crippen molar-refractivity contribution < 1.29 is 31.5 Å². The molecule has 1 unspecified atom stereocenters. The van der Waals surface area contributed by atoms with E-state index in [2.05, 4.69) is 0 Å². The highest BCUT2D eigenvalue weighted by molar-refractivity contribution is 7.92. The van der Waals surface area contributed by atoms with Gasteiger partial charge < -0.3 is 9.47 Å². The fraction of sp³-hybridized carbons (Fsp3) is 0.458. The Hall–Kier alpha value is -2.19. The van der Waals surface area contributed by atoms with Gasteiger partial charge in [-0.1, -0.05) is 18.0 Å². The van der Waals surface area contributed by atoms with Crippen LogP contribution >= 0.6 is 11.6 Å². The number of esters is 1. The smallest absolute Gasteiger partial charge is 0.309 e. The Morgan fingerprint density at radius 2 is 1.76 bits per heavy atom. The SMILES string of the molecule is CC(C)(C)OC(=O)[C@@H]1CCC[C@@]2(S(=O)(=O)c3ccc(Cl)cc3)c3c(F)ccc(F)c3OCC12. The summed E-state index contributed by atoms with van der Waals surface area (Å²) >= 11 is 5.95. The van der Waals surface area contributed by atoms with Gasteiger partial charge in [-0.15, -0.1) is 0 Å². The summed E-state index contributed by atoms with van der Waals surface area (Å²) in [5.74, 6) is -4.57. The van der Waals surface area contributed by atoms with E-state index in [0.717, 1.165) is 12.1 Å². The van der Waals surface area contributed by atoms with Crippen molar-refractivity contribution in [3.05, 3.63) is 58.6 Å². The van der Waals surface area contributed by atoms with Crippen molar-refractivity contribution in [3.8, 4) is 5.75 Å². The van der Waals surface area contributed by atoms with Gasteiger partial charge in [-0.2, -0.15) is 0 Å². The molecule has 1 saturated carbocycles. The summed E-state index contributed by atoms with van der Waals surface area (Å²) < 4.78 is 67.7. The molecule has 178 valence electrons. The van der Waals surface area contributed by atoms with Gasteiger partial charge >= 0.3 is 5.97 Å². The zero-order valence-electron chi connectivity index (χ0n) is 18.5. The van der Waals surface area contributed by atoms with E-state index < -0.39 is 55.4 Å². The minimum absolute atomic E-state index is 0.0126. The van der Waals surface area contributed by atoms with Gasteiger partial charge in [0.2, 0.25) is 0 Å². The lowest BCUT2D eigenvalue weighted by atomic mass is 9.67. The summed E-state index contributed by atoms with van der Waals surface area (Å²) in [5, 5.41) is 0.336. The van der Waals surface area contributed by atoms with Crippen LogP contribution in [0, 0.1) is 23.5 Å². The molecule has 0 aromatic heterocycles. The van der Waals surface area contributed by atoms with Crippen molar-refractivity contribution in [2.45, 2.75) is 55.3 Å². The number of sulfone groups is 1. The normalized spacial score (nSPS) is 24.9. The Bertz CT molecular complexity index is 1190. The Labute approximate surface area is 197 Å². The first-order valence-corrected chi connectivity index (χ1v) is 12.6. The number of hydrogen-bond donors (Lipinski definition) is 0. The zero-order valence-corrected chi connectivity index (χ0v) is 20.1. The number of hydrogen-bond acceptors (Lipinski definition) is 5. The number of halogens is 3. The summed E-state index contributed by atoms with van der Waals surface area (Å²) in [7, 11) is -4.32. The van der Waals surface area contributed by atoms with Gasteiger partial charge in [0.05, 0.1) is 23.0 Å². The molecular formula is C24H25ClF2O5S. The van der Waals surface area contributed by atoms with Gasteiger partial charge in [0.25, 0.3) is 0 Å². The lowest BCUT2D eigenvalue weighted by molar-refractivity contribution is -0.165. The molecule has 4 rings (SSSR count). The molecule has 1 aliphatic heterocycles. The molecule has 1 fully saturated rings. The van der Waals surface area contributed by atoms with Crippen LogP contribution in [-0.2, 0) is 24.1 Å². The van der Waals surface area contributed by atoms with Crippen LogP contribution in [0.2, 0.25) is 5.02 Å². The second-order valence-electron chi connectivity index (χ2n) is 9.53. The largest absolute Gasteiger partial charge is 0.490 e. The Morgan fingerprint density at radius 1 is 1.12 bits per heavy atom. The molecule has 33 heavy (non-hydrogen) atoms. The van der Waals surface area contributed by atoms with Crippen LogP contribution in [0.5, 0.6) is 5.75 Å². The summed E-state index contributed by atoms with van der Waals surface area (Å²) in [6.45, 7) is 4.89. The fourth-order valence-corrected chi connectivity index (χ4v) is 7.59. The van der Waals surface area contributed by atoms with Crippen LogP contribution in [-0.4, -0.2) is 26.6 Å². The maximum atomic E-state index is 15.3. The number of carbonyl (C=O) groups excluding carboxylic acids is 1. The average Bonchev–Trinajstić information content (AvgIpc) is 2.74. The molecular weight excluding hydrogens is 474 g/mol.